The number of para-hydroxylation sites is 1. The minimum absolute atomic E-state index is 0.470. The Morgan fingerprint density at radius 3 is 2.76 bits per heavy atom. The number of nitrogens with zero attached hydrogens (tertiary/aromatic N) is 3. The lowest BCUT2D eigenvalue weighted by Crippen LogP contribution is -2.22. The first-order valence-electron chi connectivity index (χ1n) is 8.06. The summed E-state index contributed by atoms with van der Waals surface area (Å²) < 4.78 is 1.92. The molecule has 0 fully saturated rings. The van der Waals surface area contributed by atoms with Crippen molar-refractivity contribution < 1.29 is 0 Å². The van der Waals surface area contributed by atoms with E-state index in [1.807, 2.05) is 65.5 Å². The van der Waals surface area contributed by atoms with Crippen LogP contribution in [0, 0.1) is 5.41 Å². The molecule has 0 aliphatic heterocycles. The van der Waals surface area contributed by atoms with Gasteiger partial charge in [-0.3, -0.25) is 5.41 Å². The zero-order chi connectivity index (χ0) is 17.2. The molecule has 3 aromatic heterocycles. The number of hydrogen-bond acceptors (Lipinski definition) is 5. The van der Waals surface area contributed by atoms with Gasteiger partial charge < -0.3 is 9.88 Å². The fraction of sp³-hybridized carbons (Fsp3) is 0.105. The van der Waals surface area contributed by atoms with E-state index >= 15 is 0 Å². The Hall–Kier alpha value is -2.99. The quantitative estimate of drug-likeness (QED) is 0.575. The molecule has 2 N–H and O–H groups in total. The standard InChI is InChI=1S/C19H17N5S/c1-2-24-17(20)16(13-8-9-25-12-13)10-14-11-21-19(23-18(14)24)22-15-6-4-3-5-7-15/h3-12,20H,2H2,1H3,(H,21,22,23). The van der Waals surface area contributed by atoms with Crippen LogP contribution in [0.25, 0.3) is 22.2 Å². The van der Waals surface area contributed by atoms with Crippen molar-refractivity contribution in [3.63, 3.8) is 0 Å². The second-order valence-electron chi connectivity index (χ2n) is 5.63. The molecule has 0 atom stereocenters. The molecular weight excluding hydrogens is 330 g/mol. The molecule has 0 bridgehead atoms. The molecule has 0 amide bonds. The van der Waals surface area contributed by atoms with Crippen LogP contribution >= 0.6 is 11.3 Å². The number of hydrogen-bond donors (Lipinski definition) is 2. The maximum absolute atomic E-state index is 8.58. The Kier molecular flexibility index (Phi) is 4.03. The van der Waals surface area contributed by atoms with Crippen molar-refractivity contribution in [2.24, 2.45) is 0 Å². The molecular formula is C19H17N5S. The van der Waals surface area contributed by atoms with Crippen LogP contribution in [-0.2, 0) is 6.54 Å². The molecule has 5 nitrogen and oxygen atoms in total. The number of nitrogens with one attached hydrogen (secondary N) is 2. The van der Waals surface area contributed by atoms with Crippen LogP contribution < -0.4 is 10.8 Å². The number of thiophene rings is 1. The lowest BCUT2D eigenvalue weighted by molar-refractivity contribution is 0.726. The fourth-order valence-corrected chi connectivity index (χ4v) is 3.49. The SMILES string of the molecule is CCn1c(=N)c(-c2ccsc2)cc2cnc(Nc3ccccc3)nc21. The first-order valence-corrected chi connectivity index (χ1v) is 9.00. The highest BCUT2D eigenvalue weighted by Gasteiger charge is 2.11. The number of pyridine rings is 1. The predicted molar refractivity (Wildman–Crippen MR) is 102 cm³/mol. The predicted octanol–water partition coefficient (Wildman–Crippen LogP) is 4.40. The van der Waals surface area contributed by atoms with Gasteiger partial charge in [0.1, 0.15) is 11.1 Å². The van der Waals surface area contributed by atoms with Crippen LogP contribution in [0.5, 0.6) is 0 Å². The van der Waals surface area contributed by atoms with Crippen LogP contribution in [0.1, 0.15) is 6.92 Å². The van der Waals surface area contributed by atoms with E-state index in [-0.39, 0.29) is 0 Å². The normalized spacial score (nSPS) is 10.9. The Morgan fingerprint density at radius 2 is 2.04 bits per heavy atom. The van der Waals surface area contributed by atoms with Gasteiger partial charge in [-0.05, 0) is 47.5 Å². The molecule has 1 aromatic carbocycles. The Balaban J connectivity index is 1.85. The summed E-state index contributed by atoms with van der Waals surface area (Å²) >= 11 is 1.63. The summed E-state index contributed by atoms with van der Waals surface area (Å²) in [6, 6.07) is 13.9. The summed E-state index contributed by atoms with van der Waals surface area (Å²) in [5.74, 6) is 0.531. The third-order valence-electron chi connectivity index (χ3n) is 4.05. The van der Waals surface area contributed by atoms with Crippen molar-refractivity contribution in [1.29, 1.82) is 5.41 Å². The average molecular weight is 347 g/mol. The Bertz CT molecular complexity index is 1070. The highest BCUT2D eigenvalue weighted by molar-refractivity contribution is 7.08. The number of anilines is 2. The summed E-state index contributed by atoms with van der Waals surface area (Å²) in [6.45, 7) is 2.70. The van der Waals surface area contributed by atoms with Gasteiger partial charge in [-0.25, -0.2) is 4.98 Å². The summed E-state index contributed by atoms with van der Waals surface area (Å²) in [5, 5.41) is 16.8. The maximum Gasteiger partial charge on any atom is 0.229 e. The van der Waals surface area contributed by atoms with Crippen molar-refractivity contribution in [2.75, 3.05) is 5.32 Å². The third kappa shape index (κ3) is 2.92. The van der Waals surface area contributed by atoms with E-state index in [2.05, 4.69) is 20.7 Å². The van der Waals surface area contributed by atoms with E-state index in [9.17, 15) is 0 Å². The number of aromatic nitrogens is 3. The largest absolute Gasteiger partial charge is 0.324 e. The molecule has 4 rings (SSSR count). The third-order valence-corrected chi connectivity index (χ3v) is 4.74. The lowest BCUT2D eigenvalue weighted by Gasteiger charge is -2.13. The summed E-state index contributed by atoms with van der Waals surface area (Å²) in [7, 11) is 0. The molecule has 0 spiro atoms. The van der Waals surface area contributed by atoms with Gasteiger partial charge in [0.05, 0.1) is 0 Å². The topological polar surface area (TPSA) is 66.6 Å². The Morgan fingerprint density at radius 1 is 1.20 bits per heavy atom. The van der Waals surface area contributed by atoms with Crippen molar-refractivity contribution >= 4 is 34.0 Å². The van der Waals surface area contributed by atoms with Gasteiger partial charge in [-0.1, -0.05) is 18.2 Å². The van der Waals surface area contributed by atoms with Crippen LogP contribution in [0.4, 0.5) is 11.6 Å². The van der Waals surface area contributed by atoms with E-state index in [0.29, 0.717) is 18.0 Å². The van der Waals surface area contributed by atoms with Gasteiger partial charge in [0, 0.05) is 29.4 Å². The van der Waals surface area contributed by atoms with Crippen LogP contribution in [0.15, 0.2) is 59.4 Å². The molecule has 4 aromatic rings. The lowest BCUT2D eigenvalue weighted by atomic mass is 10.1. The molecule has 25 heavy (non-hydrogen) atoms. The van der Waals surface area contributed by atoms with Gasteiger partial charge in [0.25, 0.3) is 0 Å². The molecule has 0 radical (unpaired) electrons. The second-order valence-corrected chi connectivity index (χ2v) is 6.41. The first-order chi connectivity index (χ1) is 12.3. The summed E-state index contributed by atoms with van der Waals surface area (Å²) in [4.78, 5) is 9.08. The fourth-order valence-electron chi connectivity index (χ4n) is 2.83. The van der Waals surface area contributed by atoms with Gasteiger partial charge in [0.2, 0.25) is 5.95 Å². The Labute approximate surface area is 149 Å². The van der Waals surface area contributed by atoms with Crippen LogP contribution in [0.3, 0.4) is 0 Å². The maximum atomic E-state index is 8.58. The highest BCUT2D eigenvalue weighted by Crippen LogP contribution is 2.23. The number of aryl methyl sites for hydroxylation is 1. The minimum Gasteiger partial charge on any atom is -0.324 e. The minimum atomic E-state index is 0.470. The first kappa shape index (κ1) is 15.5. The summed E-state index contributed by atoms with van der Waals surface area (Å²) in [5.41, 5.74) is 4.14. The molecule has 0 saturated heterocycles. The molecule has 124 valence electrons. The van der Waals surface area contributed by atoms with Gasteiger partial charge >= 0.3 is 0 Å². The molecule has 0 saturated carbocycles. The molecule has 0 aliphatic carbocycles. The number of benzene rings is 1. The van der Waals surface area contributed by atoms with Crippen LogP contribution in [0.2, 0.25) is 0 Å². The number of rotatable bonds is 4. The van der Waals surface area contributed by atoms with E-state index in [1.165, 1.54) is 0 Å². The van der Waals surface area contributed by atoms with E-state index in [1.54, 1.807) is 11.3 Å². The molecule has 0 aliphatic rings. The smallest absolute Gasteiger partial charge is 0.229 e. The van der Waals surface area contributed by atoms with E-state index in [0.717, 1.165) is 27.8 Å². The van der Waals surface area contributed by atoms with Crippen molar-refractivity contribution in [3.8, 4) is 11.1 Å². The number of fused-ring (bicyclic) bond motifs is 1. The molecule has 3 heterocycles. The van der Waals surface area contributed by atoms with Crippen molar-refractivity contribution in [3.05, 3.63) is 64.9 Å². The van der Waals surface area contributed by atoms with Gasteiger partial charge in [-0.15, -0.1) is 0 Å². The molecule has 6 heteroatoms. The second kappa shape index (κ2) is 6.49. The highest BCUT2D eigenvalue weighted by atomic mass is 32.1. The van der Waals surface area contributed by atoms with Gasteiger partial charge in [0.15, 0.2) is 0 Å². The average Bonchev–Trinajstić information content (AvgIpc) is 3.17. The summed E-state index contributed by atoms with van der Waals surface area (Å²) in [6.07, 6.45) is 1.81. The zero-order valence-corrected chi connectivity index (χ0v) is 14.5. The molecule has 0 unspecified atom stereocenters. The van der Waals surface area contributed by atoms with E-state index < -0.39 is 0 Å². The van der Waals surface area contributed by atoms with E-state index in [4.69, 9.17) is 5.41 Å². The van der Waals surface area contributed by atoms with Crippen molar-refractivity contribution in [2.45, 2.75) is 13.5 Å². The van der Waals surface area contributed by atoms with Crippen molar-refractivity contribution in [1.82, 2.24) is 14.5 Å². The monoisotopic (exact) mass is 347 g/mol. The van der Waals surface area contributed by atoms with Crippen LogP contribution in [-0.4, -0.2) is 14.5 Å². The zero-order valence-electron chi connectivity index (χ0n) is 13.7. The van der Waals surface area contributed by atoms with Gasteiger partial charge in [-0.2, -0.15) is 16.3 Å².